The second-order valence-electron chi connectivity index (χ2n) is 11.1. The van der Waals surface area contributed by atoms with Gasteiger partial charge in [-0.15, -0.1) is 0 Å². The average Bonchev–Trinajstić information content (AvgIpc) is 3.33. The molecular formula is C25H40N2O2. The molecule has 0 aromatic heterocycles. The van der Waals surface area contributed by atoms with Gasteiger partial charge in [0.1, 0.15) is 6.61 Å². The highest BCUT2D eigenvalue weighted by molar-refractivity contribution is 5.92. The molecule has 0 bridgehead atoms. The van der Waals surface area contributed by atoms with Crippen molar-refractivity contribution in [1.29, 1.82) is 0 Å². The van der Waals surface area contributed by atoms with Crippen LogP contribution in [-0.4, -0.2) is 48.1 Å². The number of hydrogen-bond donors (Lipinski definition) is 1. The summed E-state index contributed by atoms with van der Waals surface area (Å²) < 4.78 is 0. The Morgan fingerprint density at radius 2 is 1.86 bits per heavy atom. The molecular weight excluding hydrogens is 360 g/mol. The van der Waals surface area contributed by atoms with E-state index in [1.165, 1.54) is 63.7 Å². The molecule has 5 rings (SSSR count). The Morgan fingerprint density at radius 3 is 2.69 bits per heavy atom. The summed E-state index contributed by atoms with van der Waals surface area (Å²) in [6, 6.07) is 0. The normalized spacial score (nSPS) is 46.2. The molecule has 0 amide bonds. The summed E-state index contributed by atoms with van der Waals surface area (Å²) in [4.78, 5) is 8.35. The van der Waals surface area contributed by atoms with Gasteiger partial charge in [0.25, 0.3) is 0 Å². The van der Waals surface area contributed by atoms with Crippen molar-refractivity contribution in [1.82, 2.24) is 4.90 Å². The molecule has 6 unspecified atom stereocenters. The third-order valence-corrected chi connectivity index (χ3v) is 9.69. The minimum Gasteiger partial charge on any atom is -0.394 e. The predicted octanol–water partition coefficient (Wildman–Crippen LogP) is 4.78. The molecule has 29 heavy (non-hydrogen) atoms. The molecule has 6 atom stereocenters. The molecule has 4 aliphatic carbocycles. The number of aliphatic hydroxyl groups excluding tert-OH is 1. The Bertz CT molecular complexity index is 682. The van der Waals surface area contributed by atoms with Gasteiger partial charge in [0.05, 0.1) is 11.8 Å². The van der Waals surface area contributed by atoms with E-state index < -0.39 is 0 Å². The minimum absolute atomic E-state index is 0.109. The van der Waals surface area contributed by atoms with Crippen molar-refractivity contribution in [2.75, 3.05) is 26.2 Å². The number of fused-ring (bicyclic) bond motifs is 5. The lowest BCUT2D eigenvalue weighted by molar-refractivity contribution is -0.0217. The maximum absolute atomic E-state index is 10.2. The van der Waals surface area contributed by atoms with Crippen LogP contribution in [0.3, 0.4) is 0 Å². The molecule has 5 aliphatic rings. The molecule has 0 aromatic carbocycles. The fraction of sp³-hybridized carbons (Fsp3) is 0.880. The van der Waals surface area contributed by atoms with Crippen LogP contribution in [0.1, 0.15) is 78.1 Å². The van der Waals surface area contributed by atoms with Crippen LogP contribution in [0.25, 0.3) is 0 Å². The third-order valence-electron chi connectivity index (χ3n) is 9.69. The molecule has 1 aliphatic heterocycles. The van der Waals surface area contributed by atoms with Crippen LogP contribution >= 0.6 is 0 Å². The smallest absolute Gasteiger partial charge is 0.129 e. The van der Waals surface area contributed by atoms with Gasteiger partial charge < -0.3 is 9.94 Å². The summed E-state index contributed by atoms with van der Waals surface area (Å²) in [5.41, 5.74) is 3.49. The van der Waals surface area contributed by atoms with Crippen molar-refractivity contribution in [3.63, 3.8) is 0 Å². The lowest BCUT2D eigenvalue weighted by Gasteiger charge is -2.57. The van der Waals surface area contributed by atoms with E-state index in [1.54, 1.807) is 5.57 Å². The highest BCUT2D eigenvalue weighted by Gasteiger charge is 2.58. The van der Waals surface area contributed by atoms with Gasteiger partial charge in [-0.1, -0.05) is 30.7 Å². The van der Waals surface area contributed by atoms with Crippen LogP contribution in [-0.2, 0) is 4.84 Å². The average molecular weight is 401 g/mol. The van der Waals surface area contributed by atoms with Crippen LogP contribution in [0.5, 0.6) is 0 Å². The molecule has 1 heterocycles. The number of allylic oxidation sites excluding steroid dienone is 1. The van der Waals surface area contributed by atoms with Gasteiger partial charge in [-0.3, -0.25) is 4.90 Å². The van der Waals surface area contributed by atoms with Crippen LogP contribution < -0.4 is 0 Å². The maximum atomic E-state index is 10.2. The summed E-state index contributed by atoms with van der Waals surface area (Å²) in [6.45, 7) is 9.22. The first-order valence-corrected chi connectivity index (χ1v) is 12.3. The van der Waals surface area contributed by atoms with Gasteiger partial charge in [-0.05, 0) is 100 Å². The number of oxime groups is 1. The quantitative estimate of drug-likeness (QED) is 0.420. The number of likely N-dealkylation sites (tertiary alicyclic amines) is 1. The van der Waals surface area contributed by atoms with E-state index in [4.69, 9.17) is 9.99 Å². The number of hydrogen-bond acceptors (Lipinski definition) is 4. The standard InChI is InChI=1S/C25H40N2O2/c1-24-11-9-19(28)17-18(24)5-6-20-21-7-8-23(25(21,2)12-10-22(20)24)26-29-16-15-27-13-3-4-14-27/h5,19-22,28H,3-4,6-17H2,1-2H3/b26-23+. The number of nitrogens with zero attached hydrogens (tertiary/aromatic N) is 2. The van der Waals surface area contributed by atoms with Gasteiger partial charge in [-0.2, -0.15) is 0 Å². The fourth-order valence-corrected chi connectivity index (χ4v) is 7.88. The van der Waals surface area contributed by atoms with Gasteiger partial charge in [-0.25, -0.2) is 0 Å². The van der Waals surface area contributed by atoms with Crippen LogP contribution in [0.15, 0.2) is 16.8 Å². The highest BCUT2D eigenvalue weighted by Crippen LogP contribution is 2.64. The SMILES string of the molecule is CC12CCC(O)CC1=CCC1C2CCC2(C)/C(=N/OCCN3CCCC3)CCC12. The van der Waals surface area contributed by atoms with Gasteiger partial charge in [0.2, 0.25) is 0 Å². The van der Waals surface area contributed by atoms with Crippen molar-refractivity contribution in [3.05, 3.63) is 11.6 Å². The first-order chi connectivity index (χ1) is 14.0. The second kappa shape index (κ2) is 7.67. The van der Waals surface area contributed by atoms with Crippen molar-refractivity contribution in [2.24, 2.45) is 33.7 Å². The largest absolute Gasteiger partial charge is 0.394 e. The molecule has 0 radical (unpaired) electrons. The third kappa shape index (κ3) is 3.39. The van der Waals surface area contributed by atoms with E-state index in [0.29, 0.717) is 5.41 Å². The zero-order chi connectivity index (χ0) is 20.1. The summed E-state index contributed by atoms with van der Waals surface area (Å²) in [5, 5.41) is 14.9. The topological polar surface area (TPSA) is 45.1 Å². The molecule has 4 fully saturated rings. The van der Waals surface area contributed by atoms with Crippen molar-refractivity contribution < 1.29 is 9.94 Å². The highest BCUT2D eigenvalue weighted by atomic mass is 16.6. The van der Waals surface area contributed by atoms with Gasteiger partial charge in [0, 0.05) is 12.0 Å². The summed E-state index contributed by atoms with van der Waals surface area (Å²) >= 11 is 0. The summed E-state index contributed by atoms with van der Waals surface area (Å²) in [5.74, 6) is 2.34. The van der Waals surface area contributed by atoms with E-state index in [-0.39, 0.29) is 11.5 Å². The van der Waals surface area contributed by atoms with Crippen molar-refractivity contribution >= 4 is 5.71 Å². The molecule has 4 heteroatoms. The van der Waals surface area contributed by atoms with E-state index in [0.717, 1.165) is 50.2 Å². The lowest BCUT2D eigenvalue weighted by Crippen LogP contribution is -2.50. The van der Waals surface area contributed by atoms with Crippen LogP contribution in [0.2, 0.25) is 0 Å². The zero-order valence-corrected chi connectivity index (χ0v) is 18.5. The molecule has 1 N–H and O–H groups in total. The van der Waals surface area contributed by atoms with E-state index in [2.05, 4.69) is 24.8 Å². The summed E-state index contributed by atoms with van der Waals surface area (Å²) in [7, 11) is 0. The lowest BCUT2D eigenvalue weighted by atomic mass is 9.48. The minimum atomic E-state index is -0.109. The Balaban J connectivity index is 1.27. The Kier molecular flexibility index (Phi) is 5.31. The van der Waals surface area contributed by atoms with E-state index in [9.17, 15) is 5.11 Å². The Labute approximate surface area is 176 Å². The first-order valence-electron chi connectivity index (χ1n) is 12.3. The molecule has 0 spiro atoms. The van der Waals surface area contributed by atoms with E-state index >= 15 is 0 Å². The maximum Gasteiger partial charge on any atom is 0.129 e. The van der Waals surface area contributed by atoms with E-state index in [1.807, 2.05) is 0 Å². The predicted molar refractivity (Wildman–Crippen MR) is 117 cm³/mol. The van der Waals surface area contributed by atoms with Crippen LogP contribution in [0.4, 0.5) is 0 Å². The Hall–Kier alpha value is -0.870. The molecule has 1 saturated heterocycles. The molecule has 0 aromatic rings. The zero-order valence-electron chi connectivity index (χ0n) is 18.5. The van der Waals surface area contributed by atoms with Crippen LogP contribution in [0, 0.1) is 28.6 Å². The fourth-order valence-electron chi connectivity index (χ4n) is 7.88. The molecule has 162 valence electrons. The summed E-state index contributed by atoms with van der Waals surface area (Å²) in [6.07, 6.45) is 14.4. The molecule has 3 saturated carbocycles. The van der Waals surface area contributed by atoms with Crippen molar-refractivity contribution in [3.8, 4) is 0 Å². The molecule has 4 nitrogen and oxygen atoms in total. The van der Waals surface area contributed by atoms with Gasteiger partial charge >= 0.3 is 0 Å². The monoisotopic (exact) mass is 400 g/mol. The Morgan fingerprint density at radius 1 is 1.10 bits per heavy atom. The number of rotatable bonds is 4. The van der Waals surface area contributed by atoms with Gasteiger partial charge in [0.15, 0.2) is 0 Å². The first kappa shape index (κ1) is 20.1. The van der Waals surface area contributed by atoms with Crippen molar-refractivity contribution in [2.45, 2.75) is 84.2 Å². The second-order valence-corrected chi connectivity index (χ2v) is 11.1. The number of aliphatic hydroxyl groups is 1.